The molecule has 0 aliphatic rings. The van der Waals surface area contributed by atoms with Crippen molar-refractivity contribution in [3.05, 3.63) is 30.2 Å². The minimum Gasteiger partial charge on any atom is -0.496 e. The molecule has 2 aromatic rings. The lowest BCUT2D eigenvalue weighted by Crippen LogP contribution is -1.98. The zero-order valence-electron chi connectivity index (χ0n) is 10.5. The zero-order chi connectivity index (χ0) is 13.8. The monoisotopic (exact) mass is 263 g/mol. The number of oxazole rings is 1. The molecule has 0 bridgehead atoms. The van der Waals surface area contributed by atoms with E-state index in [4.69, 9.17) is 19.0 Å². The summed E-state index contributed by atoms with van der Waals surface area (Å²) < 4.78 is 15.9. The summed E-state index contributed by atoms with van der Waals surface area (Å²) in [6.45, 7) is 0. The van der Waals surface area contributed by atoms with Crippen molar-refractivity contribution in [2.45, 2.75) is 6.42 Å². The second-order valence-corrected chi connectivity index (χ2v) is 3.74. The van der Waals surface area contributed by atoms with E-state index in [1.54, 1.807) is 18.2 Å². The third kappa shape index (κ3) is 2.67. The maximum Gasteiger partial charge on any atom is 0.311 e. The molecule has 100 valence electrons. The average Bonchev–Trinajstić information content (AvgIpc) is 2.84. The van der Waals surface area contributed by atoms with Crippen molar-refractivity contribution >= 4 is 5.97 Å². The molecule has 1 aromatic heterocycles. The second-order valence-electron chi connectivity index (χ2n) is 3.74. The predicted octanol–water partition coefficient (Wildman–Crippen LogP) is 1.99. The van der Waals surface area contributed by atoms with Crippen LogP contribution in [0.25, 0.3) is 11.5 Å². The summed E-state index contributed by atoms with van der Waals surface area (Å²) in [4.78, 5) is 14.7. The van der Waals surface area contributed by atoms with Gasteiger partial charge < -0.3 is 19.0 Å². The summed E-state index contributed by atoms with van der Waals surface area (Å²) in [6.07, 6.45) is 1.17. The zero-order valence-corrected chi connectivity index (χ0v) is 10.5. The summed E-state index contributed by atoms with van der Waals surface area (Å²) in [6, 6.07) is 5.28. The molecule has 0 aliphatic heterocycles. The number of methoxy groups -OCH3 is 2. The van der Waals surface area contributed by atoms with E-state index in [1.807, 2.05) is 0 Å². The lowest BCUT2D eigenvalue weighted by atomic mass is 10.1. The van der Waals surface area contributed by atoms with Crippen molar-refractivity contribution in [2.24, 2.45) is 0 Å². The number of carboxylic acid groups (broad SMARTS) is 1. The van der Waals surface area contributed by atoms with Crippen LogP contribution in [0.4, 0.5) is 0 Å². The average molecular weight is 263 g/mol. The molecule has 0 spiro atoms. The minimum absolute atomic E-state index is 0.218. The van der Waals surface area contributed by atoms with Crippen molar-refractivity contribution in [1.82, 2.24) is 4.98 Å². The molecule has 1 heterocycles. The molecule has 6 nitrogen and oxygen atoms in total. The van der Waals surface area contributed by atoms with Gasteiger partial charge in [0, 0.05) is 0 Å². The van der Waals surface area contributed by atoms with E-state index in [2.05, 4.69) is 4.98 Å². The number of benzene rings is 1. The largest absolute Gasteiger partial charge is 0.496 e. The molecular formula is C13H13NO5. The lowest BCUT2D eigenvalue weighted by Gasteiger charge is -2.09. The number of hydrogen-bond donors (Lipinski definition) is 1. The third-order valence-corrected chi connectivity index (χ3v) is 2.52. The number of aliphatic carboxylic acids is 1. The van der Waals surface area contributed by atoms with Gasteiger partial charge in [0.25, 0.3) is 0 Å². The molecule has 0 radical (unpaired) electrons. The Kier molecular flexibility index (Phi) is 3.70. The number of rotatable bonds is 5. The van der Waals surface area contributed by atoms with Gasteiger partial charge in [0.15, 0.2) is 0 Å². The summed E-state index contributed by atoms with van der Waals surface area (Å²) in [5.74, 6) is 0.654. The Balaban J connectivity index is 2.45. The van der Waals surface area contributed by atoms with Crippen LogP contribution in [0.2, 0.25) is 0 Å². The van der Waals surface area contributed by atoms with Crippen LogP contribution in [0, 0.1) is 0 Å². The van der Waals surface area contributed by atoms with Crippen molar-refractivity contribution in [1.29, 1.82) is 0 Å². The van der Waals surface area contributed by atoms with E-state index in [0.29, 0.717) is 17.1 Å². The van der Waals surface area contributed by atoms with Crippen LogP contribution < -0.4 is 9.47 Å². The predicted molar refractivity (Wildman–Crippen MR) is 66.4 cm³/mol. The Morgan fingerprint density at radius 1 is 1.32 bits per heavy atom. The fraction of sp³-hybridized carbons (Fsp3) is 0.231. The number of aromatic nitrogens is 1. The summed E-state index contributed by atoms with van der Waals surface area (Å²) >= 11 is 0. The molecule has 0 aliphatic carbocycles. The Morgan fingerprint density at radius 3 is 2.47 bits per heavy atom. The molecule has 0 fully saturated rings. The minimum atomic E-state index is -0.977. The van der Waals surface area contributed by atoms with Crippen LogP contribution in [-0.2, 0) is 11.2 Å². The van der Waals surface area contributed by atoms with E-state index in [9.17, 15) is 4.79 Å². The van der Waals surface area contributed by atoms with Crippen LogP contribution in [0.5, 0.6) is 11.5 Å². The number of hydrogen-bond acceptors (Lipinski definition) is 5. The molecule has 0 amide bonds. The van der Waals surface area contributed by atoms with Crippen LogP contribution in [0.3, 0.4) is 0 Å². The topological polar surface area (TPSA) is 81.8 Å². The van der Waals surface area contributed by atoms with Crippen LogP contribution in [-0.4, -0.2) is 30.3 Å². The van der Waals surface area contributed by atoms with Crippen molar-refractivity contribution in [2.75, 3.05) is 14.2 Å². The maximum atomic E-state index is 10.6. The first kappa shape index (κ1) is 12.9. The Labute approximate surface area is 109 Å². The van der Waals surface area contributed by atoms with Crippen LogP contribution in [0.15, 0.2) is 28.8 Å². The first-order chi connectivity index (χ1) is 9.15. The SMILES string of the molecule is COc1cccc(OC)c1-c1ncc(CC(=O)O)o1. The highest BCUT2D eigenvalue weighted by molar-refractivity contribution is 5.72. The molecule has 1 N–H and O–H groups in total. The smallest absolute Gasteiger partial charge is 0.311 e. The molecule has 1 aromatic carbocycles. The number of nitrogens with zero attached hydrogens (tertiary/aromatic N) is 1. The molecule has 19 heavy (non-hydrogen) atoms. The van der Waals surface area contributed by atoms with Gasteiger partial charge in [-0.3, -0.25) is 4.79 Å². The van der Waals surface area contributed by atoms with E-state index in [0.717, 1.165) is 0 Å². The van der Waals surface area contributed by atoms with Gasteiger partial charge in [-0.1, -0.05) is 6.07 Å². The highest BCUT2D eigenvalue weighted by atomic mass is 16.5. The normalized spacial score (nSPS) is 10.2. The lowest BCUT2D eigenvalue weighted by molar-refractivity contribution is -0.136. The molecule has 0 saturated carbocycles. The van der Waals surface area contributed by atoms with Crippen molar-refractivity contribution < 1.29 is 23.8 Å². The van der Waals surface area contributed by atoms with Crippen LogP contribution >= 0.6 is 0 Å². The van der Waals surface area contributed by atoms with Gasteiger partial charge in [0.1, 0.15) is 29.2 Å². The standard InChI is InChI=1S/C13H13NO5/c1-17-9-4-3-5-10(18-2)12(9)13-14-7-8(19-13)6-11(15)16/h3-5,7H,6H2,1-2H3,(H,15,16). The number of ether oxygens (including phenoxy) is 2. The molecular weight excluding hydrogens is 250 g/mol. The van der Waals surface area contributed by atoms with E-state index >= 15 is 0 Å². The van der Waals surface area contributed by atoms with Gasteiger partial charge in [-0.05, 0) is 12.1 Å². The quantitative estimate of drug-likeness (QED) is 0.888. The first-order valence-electron chi connectivity index (χ1n) is 5.53. The fourth-order valence-electron chi connectivity index (χ4n) is 1.72. The van der Waals surface area contributed by atoms with Gasteiger partial charge in [0.2, 0.25) is 5.89 Å². The summed E-state index contributed by atoms with van der Waals surface area (Å²) in [5, 5.41) is 8.71. The highest BCUT2D eigenvalue weighted by Crippen LogP contribution is 2.37. The number of carboxylic acids is 1. The van der Waals surface area contributed by atoms with Crippen molar-refractivity contribution in [3.8, 4) is 23.0 Å². The van der Waals surface area contributed by atoms with E-state index in [1.165, 1.54) is 20.4 Å². The Bertz CT molecular complexity index is 568. The van der Waals surface area contributed by atoms with E-state index in [-0.39, 0.29) is 18.1 Å². The van der Waals surface area contributed by atoms with E-state index < -0.39 is 5.97 Å². The van der Waals surface area contributed by atoms with Gasteiger partial charge in [-0.15, -0.1) is 0 Å². The van der Waals surface area contributed by atoms with Crippen LogP contribution in [0.1, 0.15) is 5.76 Å². The maximum absolute atomic E-state index is 10.6. The molecule has 0 saturated heterocycles. The van der Waals surface area contributed by atoms with Gasteiger partial charge in [-0.25, -0.2) is 4.98 Å². The molecule has 2 rings (SSSR count). The Morgan fingerprint density at radius 2 is 1.95 bits per heavy atom. The summed E-state index contributed by atoms with van der Waals surface area (Å²) in [7, 11) is 3.05. The van der Waals surface area contributed by atoms with Gasteiger partial charge in [-0.2, -0.15) is 0 Å². The van der Waals surface area contributed by atoms with Crippen molar-refractivity contribution in [3.63, 3.8) is 0 Å². The fourth-order valence-corrected chi connectivity index (χ4v) is 1.72. The molecule has 6 heteroatoms. The summed E-state index contributed by atoms with van der Waals surface area (Å²) in [5.41, 5.74) is 0.559. The third-order valence-electron chi connectivity index (χ3n) is 2.52. The molecule has 0 unspecified atom stereocenters. The number of carbonyl (C=O) groups is 1. The molecule has 0 atom stereocenters. The first-order valence-corrected chi connectivity index (χ1v) is 5.53. The van der Waals surface area contributed by atoms with Gasteiger partial charge in [0.05, 0.1) is 20.4 Å². The van der Waals surface area contributed by atoms with Gasteiger partial charge >= 0.3 is 5.97 Å². The Hall–Kier alpha value is -2.50. The second kappa shape index (κ2) is 5.43. The highest BCUT2D eigenvalue weighted by Gasteiger charge is 2.18.